The highest BCUT2D eigenvalue weighted by molar-refractivity contribution is 7.52. The average Bonchev–Trinajstić information content (AvgIpc) is 3.41. The number of carbonyl (C=O) groups excluding carboxylic acids is 1. The molecule has 5 N–H and O–H groups in total. The van der Waals surface area contributed by atoms with Crippen LogP contribution in [0.25, 0.3) is 11.2 Å². The highest BCUT2D eigenvalue weighted by atomic mass is 31.2. The lowest BCUT2D eigenvalue weighted by Crippen LogP contribution is -2.45. The molecule has 7 atom stereocenters. The molecule has 0 spiro atoms. The number of rotatable bonds is 12. The van der Waals surface area contributed by atoms with Crippen molar-refractivity contribution in [3.05, 3.63) is 36.7 Å². The number of aromatic nitrogens is 4. The molecule has 3 aromatic rings. The summed E-state index contributed by atoms with van der Waals surface area (Å²) in [4.78, 5) is 24.7. The number of benzene rings is 1. The maximum absolute atomic E-state index is 16.1. The zero-order chi connectivity index (χ0) is 30.8. The number of halogens is 1. The molecule has 42 heavy (non-hydrogen) atoms. The number of esters is 1. The minimum Gasteiger partial charge on any atom is -0.476 e. The fourth-order valence-corrected chi connectivity index (χ4v) is 5.76. The van der Waals surface area contributed by atoms with Crippen molar-refractivity contribution in [1.82, 2.24) is 24.6 Å². The second-order valence-electron chi connectivity index (χ2n) is 9.93. The van der Waals surface area contributed by atoms with Crippen LogP contribution in [0.2, 0.25) is 0 Å². The topological polar surface area (TPSA) is 202 Å². The molecule has 0 saturated carbocycles. The van der Waals surface area contributed by atoms with Crippen molar-refractivity contribution in [3.8, 4) is 11.6 Å². The molecule has 0 radical (unpaired) electrons. The molecule has 0 aliphatic carbocycles. The van der Waals surface area contributed by atoms with Gasteiger partial charge in [-0.15, -0.1) is 0 Å². The smallest absolute Gasteiger partial charge is 0.461 e. The van der Waals surface area contributed by atoms with Crippen LogP contribution in [0.3, 0.4) is 0 Å². The van der Waals surface area contributed by atoms with Crippen LogP contribution in [0.1, 0.15) is 40.8 Å². The summed E-state index contributed by atoms with van der Waals surface area (Å²) in [6.45, 7) is 7.63. The number of alkyl halides is 1. The normalized spacial score (nSPS) is 25.2. The number of aliphatic hydroxyl groups excluding tert-OH is 2. The molecule has 4 rings (SSSR count). The van der Waals surface area contributed by atoms with Crippen molar-refractivity contribution in [2.24, 2.45) is 0 Å². The zero-order valence-corrected chi connectivity index (χ0v) is 24.5. The lowest BCUT2D eigenvalue weighted by Gasteiger charge is -2.28. The minimum absolute atomic E-state index is 0.0420. The van der Waals surface area contributed by atoms with Gasteiger partial charge in [0.1, 0.15) is 24.0 Å². The summed E-state index contributed by atoms with van der Waals surface area (Å²) in [5.41, 5.74) is 3.45. The Kier molecular flexibility index (Phi) is 9.35. The number of hydrogen-bond donors (Lipinski definition) is 4. The molecular weight excluding hydrogens is 578 g/mol. The van der Waals surface area contributed by atoms with Crippen LogP contribution in [0.15, 0.2) is 36.7 Å². The Morgan fingerprint density at radius 3 is 2.62 bits per heavy atom. The molecular formula is C25H34FN6O9P. The third-order valence-corrected chi connectivity index (χ3v) is 7.80. The Balaban J connectivity index is 1.61. The zero-order valence-electron chi connectivity index (χ0n) is 23.6. The maximum atomic E-state index is 16.1. The van der Waals surface area contributed by atoms with E-state index in [-0.39, 0.29) is 35.3 Å². The number of anilines is 1. The molecule has 1 aliphatic heterocycles. The Bertz CT molecular complexity index is 1440. The van der Waals surface area contributed by atoms with Gasteiger partial charge in [0.2, 0.25) is 11.8 Å². The molecule has 1 fully saturated rings. The van der Waals surface area contributed by atoms with Crippen molar-refractivity contribution < 1.29 is 47.2 Å². The van der Waals surface area contributed by atoms with Gasteiger partial charge in [-0.25, -0.2) is 13.9 Å². The van der Waals surface area contributed by atoms with Crippen LogP contribution in [0.5, 0.6) is 11.6 Å². The van der Waals surface area contributed by atoms with Crippen LogP contribution >= 0.6 is 7.75 Å². The van der Waals surface area contributed by atoms with E-state index in [0.29, 0.717) is 0 Å². The predicted molar refractivity (Wildman–Crippen MR) is 146 cm³/mol. The van der Waals surface area contributed by atoms with Crippen molar-refractivity contribution >= 4 is 30.8 Å². The number of ether oxygens (including phenoxy) is 3. The first-order valence-corrected chi connectivity index (χ1v) is 14.6. The van der Waals surface area contributed by atoms with Gasteiger partial charge in [-0.05, 0) is 46.8 Å². The first-order valence-electron chi connectivity index (χ1n) is 13.1. The van der Waals surface area contributed by atoms with E-state index >= 15 is 4.39 Å². The second-order valence-corrected chi connectivity index (χ2v) is 11.6. The van der Waals surface area contributed by atoms with Gasteiger partial charge in [0.05, 0.1) is 19.0 Å². The highest BCUT2D eigenvalue weighted by Gasteiger charge is 2.58. The number of hydrogen-bond acceptors (Lipinski definition) is 13. The van der Waals surface area contributed by atoms with Gasteiger partial charge in [0.15, 0.2) is 29.4 Å². The highest BCUT2D eigenvalue weighted by Crippen LogP contribution is 2.49. The van der Waals surface area contributed by atoms with Crippen LogP contribution in [0, 0.1) is 0 Å². The van der Waals surface area contributed by atoms with Crippen molar-refractivity contribution in [3.63, 3.8) is 0 Å². The molecule has 1 saturated heterocycles. The summed E-state index contributed by atoms with van der Waals surface area (Å²) in [6.07, 6.45) is -6.89. The van der Waals surface area contributed by atoms with Gasteiger partial charge in [-0.1, -0.05) is 18.2 Å². The van der Waals surface area contributed by atoms with Gasteiger partial charge in [-0.3, -0.25) is 13.9 Å². The first-order chi connectivity index (χ1) is 19.8. The second kappa shape index (κ2) is 12.5. The first kappa shape index (κ1) is 31.5. The van der Waals surface area contributed by atoms with Gasteiger partial charge < -0.3 is 34.7 Å². The van der Waals surface area contributed by atoms with Crippen LogP contribution in [0.4, 0.5) is 10.3 Å². The molecule has 15 nitrogen and oxygen atoms in total. The van der Waals surface area contributed by atoms with E-state index in [1.54, 1.807) is 39.0 Å². The SMILES string of the molecule is CCOc1nc(N)nc2c1ncn2[C@@H]1O[C@H](C(O)OP(=O)(N[C@@H](C)C(=O)OC(C)C)Oc2ccccc2)[C@@H](O)[C@@]1(C)F. The molecule has 17 heteroatoms. The third-order valence-electron chi connectivity index (χ3n) is 6.15. The summed E-state index contributed by atoms with van der Waals surface area (Å²) in [5.74, 6) is -0.818. The molecule has 2 unspecified atom stereocenters. The Morgan fingerprint density at radius 1 is 1.29 bits per heavy atom. The lowest BCUT2D eigenvalue weighted by atomic mass is 9.98. The lowest BCUT2D eigenvalue weighted by molar-refractivity contribution is -0.158. The number of carbonyl (C=O) groups is 1. The van der Waals surface area contributed by atoms with Gasteiger partial charge in [-0.2, -0.15) is 15.1 Å². The number of aliphatic hydroxyl groups is 2. The van der Waals surface area contributed by atoms with E-state index in [1.165, 1.54) is 25.4 Å². The van der Waals surface area contributed by atoms with Gasteiger partial charge in [0, 0.05) is 0 Å². The largest absolute Gasteiger partial charge is 0.476 e. The summed E-state index contributed by atoms with van der Waals surface area (Å²) < 4.78 is 58.2. The van der Waals surface area contributed by atoms with E-state index in [2.05, 4.69) is 20.0 Å². The van der Waals surface area contributed by atoms with Crippen LogP contribution in [-0.4, -0.2) is 78.6 Å². The number of nitrogens with two attached hydrogens (primary N) is 1. The van der Waals surface area contributed by atoms with E-state index in [4.69, 9.17) is 29.0 Å². The van der Waals surface area contributed by atoms with Gasteiger partial charge >= 0.3 is 13.7 Å². The standard InChI is InChI=1S/C25H34FN6O9P/c1-6-37-20-16-19(29-24(27)30-20)32(12-28-16)23-25(5,26)18(33)17(39-23)22(35)41-42(36,40-15-10-8-7-9-11-15)31-14(4)21(34)38-13(2)3/h7-14,17-18,22-23,33,35H,6H2,1-5H3,(H,31,36)(H2,27,29,30)/t14-,17-,18+,22?,23+,25+,42?/m0/s1. The number of nitrogens with zero attached hydrogens (tertiary/aromatic N) is 4. The Labute approximate surface area is 240 Å². The summed E-state index contributed by atoms with van der Waals surface area (Å²) in [7, 11) is -4.60. The fraction of sp³-hybridized carbons (Fsp3) is 0.520. The Morgan fingerprint density at radius 2 is 1.98 bits per heavy atom. The average molecular weight is 613 g/mol. The number of imidazole rings is 1. The molecule has 3 heterocycles. The van der Waals surface area contributed by atoms with Crippen LogP contribution in [-0.2, 0) is 23.4 Å². The monoisotopic (exact) mass is 612 g/mol. The summed E-state index contributed by atoms with van der Waals surface area (Å²) >= 11 is 0. The summed E-state index contributed by atoms with van der Waals surface area (Å²) in [5, 5.41) is 24.3. The van der Waals surface area contributed by atoms with E-state index in [1.807, 2.05) is 0 Å². The van der Waals surface area contributed by atoms with Crippen molar-refractivity contribution in [2.45, 2.75) is 77.2 Å². The molecule has 2 aromatic heterocycles. The molecule has 0 bridgehead atoms. The molecule has 230 valence electrons. The number of nitrogen functional groups attached to an aromatic ring is 1. The van der Waals surface area contributed by atoms with Crippen molar-refractivity contribution in [2.75, 3.05) is 12.3 Å². The minimum atomic E-state index is -4.60. The van der Waals surface area contributed by atoms with Crippen LogP contribution < -0.4 is 20.1 Å². The Hall–Kier alpha value is -3.40. The molecule has 1 aromatic carbocycles. The summed E-state index contributed by atoms with van der Waals surface area (Å²) in [6, 6.07) is 6.58. The van der Waals surface area contributed by atoms with E-state index in [0.717, 1.165) is 11.5 Å². The predicted octanol–water partition coefficient (Wildman–Crippen LogP) is 2.25. The van der Waals surface area contributed by atoms with Crippen molar-refractivity contribution in [1.29, 1.82) is 0 Å². The number of fused-ring (bicyclic) bond motifs is 1. The number of nitrogens with one attached hydrogen (secondary N) is 1. The van der Waals surface area contributed by atoms with Gasteiger partial charge in [0.25, 0.3) is 0 Å². The fourth-order valence-electron chi connectivity index (χ4n) is 4.22. The molecule has 1 aliphatic rings. The third kappa shape index (κ3) is 6.64. The molecule has 0 amide bonds. The maximum Gasteiger partial charge on any atom is 0.461 e. The van der Waals surface area contributed by atoms with E-state index in [9.17, 15) is 19.6 Å². The quantitative estimate of drug-likeness (QED) is 0.132. The number of para-hydroxylation sites is 1. The van der Waals surface area contributed by atoms with E-state index < -0.39 is 56.3 Å².